The van der Waals surface area contributed by atoms with Crippen molar-refractivity contribution in [1.82, 2.24) is 9.97 Å². The molecule has 1 aromatic heterocycles. The second kappa shape index (κ2) is 4.05. The molecule has 0 aliphatic heterocycles. The molecule has 0 radical (unpaired) electrons. The van der Waals surface area contributed by atoms with Gasteiger partial charge in [0.15, 0.2) is 0 Å². The van der Waals surface area contributed by atoms with Crippen LogP contribution in [0.1, 0.15) is 55.5 Å². The van der Waals surface area contributed by atoms with E-state index in [0.29, 0.717) is 5.92 Å². The summed E-state index contributed by atoms with van der Waals surface area (Å²) in [6, 6.07) is -0.0892. The molecule has 1 atom stereocenters. The zero-order chi connectivity index (χ0) is 10.9. The van der Waals surface area contributed by atoms with Crippen molar-refractivity contribution >= 4 is 0 Å². The van der Waals surface area contributed by atoms with E-state index in [4.69, 9.17) is 5.73 Å². The summed E-state index contributed by atoms with van der Waals surface area (Å²) in [5, 5.41) is 0. The van der Waals surface area contributed by atoms with Gasteiger partial charge < -0.3 is 5.73 Å². The lowest BCUT2D eigenvalue weighted by molar-refractivity contribution is 0.706. The van der Waals surface area contributed by atoms with Crippen LogP contribution in [0.5, 0.6) is 0 Å². The zero-order valence-corrected chi connectivity index (χ0v) is 9.63. The molecule has 2 N–H and O–H groups in total. The van der Waals surface area contributed by atoms with Crippen LogP contribution in [0, 0.1) is 13.8 Å². The molecule has 0 fully saturated rings. The molecule has 3 nitrogen and oxygen atoms in total. The number of rotatable bonds is 2. The summed E-state index contributed by atoms with van der Waals surface area (Å²) in [4.78, 5) is 8.84. The second-order valence-corrected chi connectivity index (χ2v) is 4.11. The van der Waals surface area contributed by atoms with Crippen LogP contribution in [0.3, 0.4) is 0 Å². The Morgan fingerprint density at radius 1 is 1.00 bits per heavy atom. The van der Waals surface area contributed by atoms with E-state index in [9.17, 15) is 0 Å². The van der Waals surface area contributed by atoms with Crippen LogP contribution in [-0.4, -0.2) is 9.97 Å². The van der Waals surface area contributed by atoms with Crippen molar-refractivity contribution in [1.29, 1.82) is 0 Å². The van der Waals surface area contributed by atoms with Crippen LogP contribution in [0.15, 0.2) is 0 Å². The monoisotopic (exact) mass is 193 g/mol. The van der Waals surface area contributed by atoms with Crippen molar-refractivity contribution in [2.24, 2.45) is 5.73 Å². The van der Waals surface area contributed by atoms with Crippen molar-refractivity contribution in [2.75, 3.05) is 0 Å². The third-order valence-electron chi connectivity index (χ3n) is 2.33. The maximum absolute atomic E-state index is 5.75. The third kappa shape index (κ3) is 2.10. The van der Waals surface area contributed by atoms with Crippen molar-refractivity contribution in [3.63, 3.8) is 0 Å². The Labute approximate surface area is 85.8 Å². The third-order valence-corrected chi connectivity index (χ3v) is 2.33. The standard InChI is InChI=1S/C11H19N3/c1-6(2)10-8(4)13-11(7(3)12)14-9(10)5/h6-7H,12H2,1-5H3/t7-/m0/s1. The molecule has 78 valence electrons. The van der Waals surface area contributed by atoms with Crippen molar-refractivity contribution in [2.45, 2.75) is 46.6 Å². The highest BCUT2D eigenvalue weighted by molar-refractivity contribution is 5.27. The molecule has 3 heteroatoms. The van der Waals surface area contributed by atoms with E-state index < -0.39 is 0 Å². The van der Waals surface area contributed by atoms with Crippen LogP contribution >= 0.6 is 0 Å². The number of aromatic nitrogens is 2. The Balaban J connectivity index is 3.25. The summed E-state index contributed by atoms with van der Waals surface area (Å²) in [6.07, 6.45) is 0. The topological polar surface area (TPSA) is 51.8 Å². The fourth-order valence-corrected chi connectivity index (χ4v) is 1.79. The minimum atomic E-state index is -0.0892. The molecular formula is C11H19N3. The first-order valence-corrected chi connectivity index (χ1v) is 5.04. The Hall–Kier alpha value is -0.960. The first-order valence-electron chi connectivity index (χ1n) is 5.04. The lowest BCUT2D eigenvalue weighted by Gasteiger charge is -2.14. The Morgan fingerprint density at radius 3 is 1.71 bits per heavy atom. The van der Waals surface area contributed by atoms with Crippen molar-refractivity contribution in [3.8, 4) is 0 Å². The second-order valence-electron chi connectivity index (χ2n) is 4.11. The molecule has 0 bridgehead atoms. The first kappa shape index (κ1) is 11.1. The molecule has 1 aromatic rings. The van der Waals surface area contributed by atoms with Crippen LogP contribution in [0.25, 0.3) is 0 Å². The quantitative estimate of drug-likeness (QED) is 0.783. The fraction of sp³-hybridized carbons (Fsp3) is 0.636. The number of aryl methyl sites for hydroxylation is 2. The predicted molar refractivity (Wildman–Crippen MR) is 58.2 cm³/mol. The van der Waals surface area contributed by atoms with Gasteiger partial charge in [-0.15, -0.1) is 0 Å². The highest BCUT2D eigenvalue weighted by atomic mass is 14.9. The maximum atomic E-state index is 5.75. The largest absolute Gasteiger partial charge is 0.322 e. The molecule has 0 unspecified atom stereocenters. The molecule has 0 saturated heterocycles. The molecular weight excluding hydrogens is 174 g/mol. The maximum Gasteiger partial charge on any atom is 0.145 e. The summed E-state index contributed by atoms with van der Waals surface area (Å²) in [5.74, 6) is 1.21. The van der Waals surface area contributed by atoms with Gasteiger partial charge in [0.25, 0.3) is 0 Å². The average Bonchev–Trinajstić information content (AvgIpc) is 2.01. The normalized spacial score (nSPS) is 13.4. The van der Waals surface area contributed by atoms with Gasteiger partial charge in [0.1, 0.15) is 5.82 Å². The summed E-state index contributed by atoms with van der Waals surface area (Å²) < 4.78 is 0. The summed E-state index contributed by atoms with van der Waals surface area (Å²) in [7, 11) is 0. The summed E-state index contributed by atoms with van der Waals surface area (Å²) >= 11 is 0. The Bertz CT molecular complexity index is 306. The van der Waals surface area contributed by atoms with Gasteiger partial charge in [-0.3, -0.25) is 0 Å². The molecule has 0 saturated carbocycles. The van der Waals surface area contributed by atoms with E-state index in [2.05, 4.69) is 23.8 Å². The predicted octanol–water partition coefficient (Wildman–Crippen LogP) is 2.24. The van der Waals surface area contributed by atoms with Gasteiger partial charge >= 0.3 is 0 Å². The van der Waals surface area contributed by atoms with E-state index in [1.54, 1.807) is 0 Å². The first-order chi connectivity index (χ1) is 6.43. The van der Waals surface area contributed by atoms with Gasteiger partial charge in [-0.1, -0.05) is 13.8 Å². The lowest BCUT2D eigenvalue weighted by Crippen LogP contribution is -2.14. The molecule has 0 aromatic carbocycles. The molecule has 0 spiro atoms. The molecule has 0 aliphatic rings. The van der Waals surface area contributed by atoms with Gasteiger partial charge in [0, 0.05) is 11.4 Å². The minimum Gasteiger partial charge on any atom is -0.322 e. The molecule has 0 amide bonds. The Kier molecular flexibility index (Phi) is 3.21. The van der Waals surface area contributed by atoms with Crippen molar-refractivity contribution in [3.05, 3.63) is 22.8 Å². The van der Waals surface area contributed by atoms with E-state index in [1.165, 1.54) is 5.56 Å². The number of nitrogens with zero attached hydrogens (tertiary/aromatic N) is 2. The van der Waals surface area contributed by atoms with E-state index >= 15 is 0 Å². The Morgan fingerprint density at radius 2 is 1.43 bits per heavy atom. The van der Waals surface area contributed by atoms with Crippen LogP contribution in [-0.2, 0) is 0 Å². The molecule has 14 heavy (non-hydrogen) atoms. The van der Waals surface area contributed by atoms with Gasteiger partial charge in [-0.05, 0) is 32.3 Å². The molecule has 0 aliphatic carbocycles. The minimum absolute atomic E-state index is 0.0892. The van der Waals surface area contributed by atoms with Crippen LogP contribution in [0.4, 0.5) is 0 Å². The smallest absolute Gasteiger partial charge is 0.145 e. The number of hydrogen-bond donors (Lipinski definition) is 1. The lowest BCUT2D eigenvalue weighted by atomic mass is 10.00. The van der Waals surface area contributed by atoms with Crippen molar-refractivity contribution < 1.29 is 0 Å². The summed E-state index contributed by atoms with van der Waals surface area (Å²) in [5.41, 5.74) is 9.11. The van der Waals surface area contributed by atoms with Gasteiger partial charge in [-0.25, -0.2) is 9.97 Å². The molecule has 1 rings (SSSR count). The van der Waals surface area contributed by atoms with Crippen LogP contribution < -0.4 is 5.73 Å². The van der Waals surface area contributed by atoms with Gasteiger partial charge in [0.2, 0.25) is 0 Å². The SMILES string of the molecule is Cc1nc([C@H](C)N)nc(C)c1C(C)C. The van der Waals surface area contributed by atoms with E-state index in [-0.39, 0.29) is 6.04 Å². The number of nitrogens with two attached hydrogens (primary N) is 1. The fourth-order valence-electron chi connectivity index (χ4n) is 1.79. The number of hydrogen-bond acceptors (Lipinski definition) is 3. The highest BCUT2D eigenvalue weighted by Crippen LogP contribution is 2.21. The van der Waals surface area contributed by atoms with Crippen LogP contribution in [0.2, 0.25) is 0 Å². The summed E-state index contributed by atoms with van der Waals surface area (Å²) in [6.45, 7) is 10.3. The average molecular weight is 193 g/mol. The molecule has 1 heterocycles. The van der Waals surface area contributed by atoms with Gasteiger partial charge in [-0.2, -0.15) is 0 Å². The highest BCUT2D eigenvalue weighted by Gasteiger charge is 2.12. The van der Waals surface area contributed by atoms with E-state index in [0.717, 1.165) is 17.2 Å². The van der Waals surface area contributed by atoms with Gasteiger partial charge in [0.05, 0.1) is 6.04 Å². The van der Waals surface area contributed by atoms with E-state index in [1.807, 2.05) is 20.8 Å². The zero-order valence-electron chi connectivity index (χ0n) is 9.63.